The van der Waals surface area contributed by atoms with E-state index in [4.69, 9.17) is 0 Å². The largest absolute Gasteiger partial charge is 1.00 e. The first kappa shape index (κ1) is 14.0. The van der Waals surface area contributed by atoms with Crippen LogP contribution in [-0.4, -0.2) is 36.4 Å². The average Bonchev–Trinajstić information content (AvgIpc) is 2.46. The lowest BCUT2D eigenvalue weighted by atomic mass is 9.90. The Morgan fingerprint density at radius 1 is 1.17 bits per heavy atom. The van der Waals surface area contributed by atoms with E-state index in [1.54, 1.807) is 0 Å². The molecular formula is C15H20INO. The van der Waals surface area contributed by atoms with Gasteiger partial charge >= 0.3 is 0 Å². The van der Waals surface area contributed by atoms with Crippen LogP contribution >= 0.6 is 0 Å². The second kappa shape index (κ2) is 4.93. The number of rotatable bonds is 1. The zero-order chi connectivity index (χ0) is 12.0. The maximum atomic E-state index is 12.0. The molecule has 0 spiro atoms. The second-order valence-corrected chi connectivity index (χ2v) is 5.97. The summed E-state index contributed by atoms with van der Waals surface area (Å²) in [6.45, 7) is 0. The highest BCUT2D eigenvalue weighted by Gasteiger charge is 2.55. The molecule has 0 saturated carbocycles. The summed E-state index contributed by atoms with van der Waals surface area (Å²) in [4.78, 5) is 12.0. The van der Waals surface area contributed by atoms with Crippen LogP contribution in [0.3, 0.4) is 0 Å². The third kappa shape index (κ3) is 2.01. The molecule has 2 saturated heterocycles. The Labute approximate surface area is 126 Å². The van der Waals surface area contributed by atoms with Crippen LogP contribution in [0.1, 0.15) is 30.7 Å². The van der Waals surface area contributed by atoms with Crippen molar-refractivity contribution in [3.05, 3.63) is 35.9 Å². The number of carbonyl (C=O) groups is 1. The summed E-state index contributed by atoms with van der Waals surface area (Å²) in [5.41, 5.74) is 1.42. The Bertz CT molecular complexity index is 443. The molecule has 2 nitrogen and oxygen atoms in total. The highest BCUT2D eigenvalue weighted by Crippen LogP contribution is 2.46. The first-order valence-electron chi connectivity index (χ1n) is 6.51. The molecule has 2 unspecified atom stereocenters. The SMILES string of the molecule is C[N+]1(C)C2C[C@@H](c3ccccc3)C1CCC2=O.[I-]. The number of likely N-dealkylation sites (N-methyl/N-ethyl adjacent to an activating group) is 1. The molecule has 3 atom stereocenters. The minimum atomic E-state index is 0. The molecule has 1 aromatic rings. The van der Waals surface area contributed by atoms with Crippen molar-refractivity contribution in [3.63, 3.8) is 0 Å². The predicted molar refractivity (Wildman–Crippen MR) is 67.7 cm³/mol. The molecule has 0 amide bonds. The van der Waals surface area contributed by atoms with Crippen LogP contribution in [0, 0.1) is 0 Å². The smallest absolute Gasteiger partial charge is 0.190 e. The van der Waals surface area contributed by atoms with Crippen LogP contribution in [0.5, 0.6) is 0 Å². The van der Waals surface area contributed by atoms with Gasteiger partial charge in [-0.05, 0) is 5.56 Å². The molecule has 2 fully saturated rings. The molecule has 2 aliphatic rings. The summed E-state index contributed by atoms with van der Waals surface area (Å²) in [6, 6.07) is 11.6. The van der Waals surface area contributed by atoms with Gasteiger partial charge in [-0.1, -0.05) is 30.3 Å². The van der Waals surface area contributed by atoms with Crippen molar-refractivity contribution < 1.29 is 33.3 Å². The molecule has 98 valence electrons. The van der Waals surface area contributed by atoms with Crippen molar-refractivity contribution in [1.29, 1.82) is 0 Å². The minimum Gasteiger partial charge on any atom is -1.00 e. The Hall–Kier alpha value is -0.420. The van der Waals surface area contributed by atoms with Crippen molar-refractivity contribution in [1.82, 2.24) is 0 Å². The van der Waals surface area contributed by atoms with Gasteiger partial charge in [-0.15, -0.1) is 0 Å². The maximum absolute atomic E-state index is 12.0. The van der Waals surface area contributed by atoms with Gasteiger partial charge in [-0.3, -0.25) is 4.79 Å². The topological polar surface area (TPSA) is 17.1 Å². The predicted octanol–water partition coefficient (Wildman–Crippen LogP) is -0.646. The zero-order valence-corrected chi connectivity index (χ0v) is 13.1. The first-order valence-corrected chi connectivity index (χ1v) is 6.51. The number of piperidine rings is 1. The van der Waals surface area contributed by atoms with Crippen LogP contribution in [0.4, 0.5) is 0 Å². The van der Waals surface area contributed by atoms with E-state index in [0.29, 0.717) is 17.7 Å². The standard InChI is InChI=1S/C15H20NO.HI/c1-16(2)13-8-9-15(17)14(16)10-12(13)11-6-4-3-5-7-11;/h3-7,12-14H,8-10H2,1-2H3;1H/q+1;/p-1/t12-,13?,14?;/m0./s1. The molecule has 0 radical (unpaired) electrons. The van der Waals surface area contributed by atoms with Crippen molar-refractivity contribution in [2.45, 2.75) is 37.3 Å². The number of carbonyl (C=O) groups excluding carboxylic acids is 1. The van der Waals surface area contributed by atoms with Gasteiger partial charge in [0, 0.05) is 25.2 Å². The molecule has 3 heteroatoms. The van der Waals surface area contributed by atoms with Gasteiger partial charge in [0.1, 0.15) is 6.04 Å². The van der Waals surface area contributed by atoms with E-state index in [0.717, 1.165) is 23.7 Å². The quantitative estimate of drug-likeness (QED) is 0.483. The number of ketones is 1. The Morgan fingerprint density at radius 3 is 2.44 bits per heavy atom. The molecule has 2 bridgehead atoms. The fourth-order valence-corrected chi connectivity index (χ4v) is 3.92. The monoisotopic (exact) mass is 357 g/mol. The van der Waals surface area contributed by atoms with Crippen molar-refractivity contribution in [2.24, 2.45) is 0 Å². The number of Topliss-reactive ketones (excluding diaryl/α,β-unsaturated/α-hetero) is 1. The average molecular weight is 357 g/mol. The Morgan fingerprint density at radius 2 is 1.83 bits per heavy atom. The highest BCUT2D eigenvalue weighted by molar-refractivity contribution is 5.84. The molecule has 0 aliphatic carbocycles. The second-order valence-electron chi connectivity index (χ2n) is 5.97. The van der Waals surface area contributed by atoms with Crippen LogP contribution in [0.15, 0.2) is 30.3 Å². The molecule has 2 aliphatic heterocycles. The van der Waals surface area contributed by atoms with Crippen LogP contribution in [-0.2, 0) is 4.79 Å². The molecule has 3 rings (SSSR count). The number of halogens is 1. The molecule has 2 heterocycles. The number of nitrogens with zero attached hydrogens (tertiary/aromatic N) is 1. The van der Waals surface area contributed by atoms with Crippen molar-refractivity contribution in [3.8, 4) is 0 Å². The Kier molecular flexibility index (Phi) is 3.83. The minimum absolute atomic E-state index is 0. The van der Waals surface area contributed by atoms with Gasteiger partial charge < -0.3 is 28.5 Å². The summed E-state index contributed by atoms with van der Waals surface area (Å²) in [6.07, 6.45) is 2.89. The van der Waals surface area contributed by atoms with Gasteiger partial charge in [0.25, 0.3) is 0 Å². The van der Waals surface area contributed by atoms with Gasteiger partial charge in [0.05, 0.1) is 20.1 Å². The van der Waals surface area contributed by atoms with E-state index >= 15 is 0 Å². The zero-order valence-electron chi connectivity index (χ0n) is 11.0. The lowest BCUT2D eigenvalue weighted by Gasteiger charge is -2.41. The van der Waals surface area contributed by atoms with Crippen LogP contribution < -0.4 is 24.0 Å². The normalized spacial score (nSPS) is 33.0. The lowest BCUT2D eigenvalue weighted by molar-refractivity contribution is -0.920. The summed E-state index contributed by atoms with van der Waals surface area (Å²) in [7, 11) is 4.46. The fraction of sp³-hybridized carbons (Fsp3) is 0.533. The fourth-order valence-electron chi connectivity index (χ4n) is 3.92. The van der Waals surface area contributed by atoms with Crippen LogP contribution in [0.25, 0.3) is 0 Å². The molecule has 18 heavy (non-hydrogen) atoms. The first-order chi connectivity index (χ1) is 8.10. The Balaban J connectivity index is 0.00000120. The lowest BCUT2D eigenvalue weighted by Crippen LogP contribution is -3.00. The number of benzene rings is 1. The third-order valence-electron chi connectivity index (χ3n) is 4.89. The summed E-state index contributed by atoms with van der Waals surface area (Å²) >= 11 is 0. The number of quaternary nitrogens is 1. The summed E-state index contributed by atoms with van der Waals surface area (Å²) in [5.74, 6) is 1.05. The van der Waals surface area contributed by atoms with Gasteiger partial charge in [0.15, 0.2) is 5.78 Å². The summed E-state index contributed by atoms with van der Waals surface area (Å²) in [5, 5.41) is 0. The van der Waals surface area contributed by atoms with E-state index in [-0.39, 0.29) is 30.0 Å². The van der Waals surface area contributed by atoms with E-state index in [1.807, 2.05) is 0 Å². The van der Waals surface area contributed by atoms with Gasteiger partial charge in [0.2, 0.25) is 0 Å². The van der Waals surface area contributed by atoms with Crippen molar-refractivity contribution >= 4 is 5.78 Å². The molecule has 0 aromatic heterocycles. The number of fused-ring (bicyclic) bond motifs is 2. The molecule has 0 N–H and O–H groups in total. The number of hydrogen-bond donors (Lipinski definition) is 0. The van der Waals surface area contributed by atoms with Gasteiger partial charge in [-0.25, -0.2) is 0 Å². The third-order valence-corrected chi connectivity index (χ3v) is 4.89. The van der Waals surface area contributed by atoms with Gasteiger partial charge in [-0.2, -0.15) is 0 Å². The molecule has 1 aromatic carbocycles. The van der Waals surface area contributed by atoms with Crippen LogP contribution in [0.2, 0.25) is 0 Å². The van der Waals surface area contributed by atoms with E-state index in [1.165, 1.54) is 5.56 Å². The summed E-state index contributed by atoms with van der Waals surface area (Å²) < 4.78 is 0.901. The van der Waals surface area contributed by atoms with E-state index < -0.39 is 0 Å². The maximum Gasteiger partial charge on any atom is 0.190 e. The van der Waals surface area contributed by atoms with E-state index in [9.17, 15) is 4.79 Å². The number of hydrogen-bond acceptors (Lipinski definition) is 1. The molecular weight excluding hydrogens is 337 g/mol. The van der Waals surface area contributed by atoms with Crippen molar-refractivity contribution in [2.75, 3.05) is 14.1 Å². The van der Waals surface area contributed by atoms with E-state index in [2.05, 4.69) is 44.4 Å². The highest BCUT2D eigenvalue weighted by atomic mass is 127.